The molecule has 7 heteroatoms. The van der Waals surface area contributed by atoms with Crippen molar-refractivity contribution >= 4 is 21.6 Å². The van der Waals surface area contributed by atoms with Gasteiger partial charge < -0.3 is 10.1 Å². The molecule has 0 unspecified atom stereocenters. The summed E-state index contributed by atoms with van der Waals surface area (Å²) in [5, 5.41) is 2.85. The highest BCUT2D eigenvalue weighted by atomic mass is 32.2. The summed E-state index contributed by atoms with van der Waals surface area (Å²) in [6.45, 7) is 2.85. The van der Waals surface area contributed by atoms with Crippen LogP contribution in [0.4, 0.5) is 5.69 Å². The van der Waals surface area contributed by atoms with Gasteiger partial charge in [-0.3, -0.25) is 9.10 Å². The Morgan fingerprint density at radius 2 is 1.50 bits per heavy atom. The minimum Gasteiger partial charge on any atom is -0.492 e. The molecule has 0 saturated carbocycles. The lowest BCUT2D eigenvalue weighted by atomic mass is 10.1. The fraction of sp³-hybridized carbons (Fsp3) is 0.138. The van der Waals surface area contributed by atoms with Crippen LogP contribution in [0.2, 0.25) is 0 Å². The molecule has 0 bridgehead atoms. The van der Waals surface area contributed by atoms with E-state index in [2.05, 4.69) is 5.32 Å². The summed E-state index contributed by atoms with van der Waals surface area (Å²) >= 11 is 0. The predicted octanol–water partition coefficient (Wildman–Crippen LogP) is 5.20. The maximum Gasteiger partial charge on any atom is 0.264 e. The zero-order valence-corrected chi connectivity index (χ0v) is 20.8. The number of benzene rings is 4. The van der Waals surface area contributed by atoms with Crippen molar-refractivity contribution in [2.75, 3.05) is 17.5 Å². The van der Waals surface area contributed by atoms with Crippen LogP contribution < -0.4 is 14.4 Å². The van der Waals surface area contributed by atoms with Crippen molar-refractivity contribution < 1.29 is 17.9 Å². The van der Waals surface area contributed by atoms with Gasteiger partial charge in [-0.2, -0.15) is 0 Å². The Balaban J connectivity index is 1.41. The highest BCUT2D eigenvalue weighted by Crippen LogP contribution is 2.26. The van der Waals surface area contributed by atoms with Crippen LogP contribution in [0.1, 0.15) is 21.5 Å². The van der Waals surface area contributed by atoms with Crippen molar-refractivity contribution in [3.63, 3.8) is 0 Å². The zero-order valence-electron chi connectivity index (χ0n) is 20.0. The Morgan fingerprint density at radius 3 is 2.17 bits per heavy atom. The number of hydrogen-bond acceptors (Lipinski definition) is 4. The SMILES string of the molecule is Cc1cccc(OCCNC(=O)c2ccc(CN(c3ccccc3)S(=O)(=O)c3ccccc3)cc2)c1. The van der Waals surface area contributed by atoms with Gasteiger partial charge in [0, 0.05) is 5.56 Å². The number of carbonyl (C=O) groups excluding carboxylic acids is 1. The number of ether oxygens (including phenoxy) is 1. The Kier molecular flexibility index (Phi) is 8.02. The molecule has 1 N–H and O–H groups in total. The van der Waals surface area contributed by atoms with Crippen molar-refractivity contribution in [2.45, 2.75) is 18.4 Å². The zero-order chi connectivity index (χ0) is 25.4. The molecule has 4 aromatic rings. The fourth-order valence-corrected chi connectivity index (χ4v) is 5.17. The fourth-order valence-electron chi connectivity index (χ4n) is 3.70. The van der Waals surface area contributed by atoms with Crippen LogP contribution in [-0.4, -0.2) is 27.5 Å². The second-order valence-corrected chi connectivity index (χ2v) is 10.1. The number of para-hydroxylation sites is 1. The number of nitrogens with zero attached hydrogens (tertiary/aromatic N) is 1. The van der Waals surface area contributed by atoms with Crippen molar-refractivity contribution in [1.29, 1.82) is 0 Å². The first-order valence-corrected chi connectivity index (χ1v) is 13.1. The quantitative estimate of drug-likeness (QED) is 0.304. The van der Waals surface area contributed by atoms with Crippen LogP contribution in [0, 0.1) is 6.92 Å². The van der Waals surface area contributed by atoms with Crippen molar-refractivity contribution in [1.82, 2.24) is 5.32 Å². The van der Waals surface area contributed by atoms with Gasteiger partial charge in [0.25, 0.3) is 15.9 Å². The van der Waals surface area contributed by atoms with Crippen LogP contribution in [0.3, 0.4) is 0 Å². The van der Waals surface area contributed by atoms with Crippen molar-refractivity contribution in [2.24, 2.45) is 0 Å². The first kappa shape index (κ1) is 25.0. The molecule has 4 rings (SSSR count). The monoisotopic (exact) mass is 500 g/mol. The number of carbonyl (C=O) groups is 1. The molecule has 0 aliphatic carbocycles. The standard InChI is InChI=1S/C29H28N2O4S/c1-23-9-8-12-27(21-23)35-20-19-30-29(32)25-17-15-24(16-18-25)22-31(26-10-4-2-5-11-26)36(33,34)28-13-6-3-7-14-28/h2-18,21H,19-20,22H2,1H3,(H,30,32). The normalized spacial score (nSPS) is 11.0. The number of nitrogens with one attached hydrogen (secondary N) is 1. The van der Waals surface area contributed by atoms with Crippen LogP contribution in [0.5, 0.6) is 5.75 Å². The molecule has 0 aromatic heterocycles. The molecule has 1 amide bonds. The van der Waals surface area contributed by atoms with E-state index in [9.17, 15) is 13.2 Å². The summed E-state index contributed by atoms with van der Waals surface area (Å²) in [7, 11) is -3.78. The van der Waals surface area contributed by atoms with E-state index in [1.807, 2.05) is 37.3 Å². The average molecular weight is 501 g/mol. The van der Waals surface area contributed by atoms with E-state index < -0.39 is 10.0 Å². The average Bonchev–Trinajstić information content (AvgIpc) is 2.91. The van der Waals surface area contributed by atoms with Gasteiger partial charge in [-0.15, -0.1) is 0 Å². The largest absolute Gasteiger partial charge is 0.492 e. The molecule has 0 aliphatic rings. The van der Waals surface area contributed by atoms with E-state index in [0.29, 0.717) is 24.4 Å². The summed E-state index contributed by atoms with van der Waals surface area (Å²) in [5.74, 6) is 0.549. The van der Waals surface area contributed by atoms with Crippen LogP contribution in [0.15, 0.2) is 114 Å². The molecule has 0 saturated heterocycles. The third-order valence-electron chi connectivity index (χ3n) is 5.56. The first-order chi connectivity index (χ1) is 17.4. The highest BCUT2D eigenvalue weighted by Gasteiger charge is 2.25. The Morgan fingerprint density at radius 1 is 0.833 bits per heavy atom. The Bertz CT molecular complexity index is 1390. The second kappa shape index (κ2) is 11.6. The third kappa shape index (κ3) is 6.31. The van der Waals surface area contributed by atoms with Gasteiger partial charge in [0.05, 0.1) is 23.7 Å². The Hall–Kier alpha value is -4.10. The maximum atomic E-state index is 13.4. The molecule has 0 heterocycles. The second-order valence-electron chi connectivity index (χ2n) is 8.28. The summed E-state index contributed by atoms with van der Waals surface area (Å²) in [5.41, 5.74) is 2.93. The van der Waals surface area contributed by atoms with E-state index >= 15 is 0 Å². The van der Waals surface area contributed by atoms with E-state index in [1.54, 1.807) is 78.9 Å². The van der Waals surface area contributed by atoms with Gasteiger partial charge in [0.2, 0.25) is 0 Å². The minimum atomic E-state index is -3.78. The van der Waals surface area contributed by atoms with E-state index in [1.165, 1.54) is 4.31 Å². The minimum absolute atomic E-state index is 0.132. The Labute approximate surface area is 212 Å². The molecular formula is C29H28N2O4S. The van der Waals surface area contributed by atoms with Crippen LogP contribution >= 0.6 is 0 Å². The molecule has 184 valence electrons. The topological polar surface area (TPSA) is 75.7 Å². The number of anilines is 1. The lowest BCUT2D eigenvalue weighted by molar-refractivity contribution is 0.0947. The van der Waals surface area contributed by atoms with E-state index in [-0.39, 0.29) is 17.3 Å². The molecule has 0 spiro atoms. The van der Waals surface area contributed by atoms with Crippen LogP contribution in [-0.2, 0) is 16.6 Å². The molecular weight excluding hydrogens is 472 g/mol. The van der Waals surface area contributed by atoms with Gasteiger partial charge in [0.1, 0.15) is 12.4 Å². The predicted molar refractivity (Wildman–Crippen MR) is 142 cm³/mol. The van der Waals surface area contributed by atoms with Gasteiger partial charge in [-0.25, -0.2) is 8.42 Å². The van der Waals surface area contributed by atoms with Crippen LogP contribution in [0.25, 0.3) is 0 Å². The maximum absolute atomic E-state index is 13.4. The molecule has 0 aliphatic heterocycles. The molecule has 0 radical (unpaired) electrons. The van der Waals surface area contributed by atoms with Gasteiger partial charge in [0.15, 0.2) is 0 Å². The summed E-state index contributed by atoms with van der Waals surface area (Å²) in [6.07, 6.45) is 0. The number of sulfonamides is 1. The number of aryl methyl sites for hydroxylation is 1. The number of rotatable bonds is 10. The molecule has 0 atom stereocenters. The lowest BCUT2D eigenvalue weighted by Crippen LogP contribution is -2.30. The van der Waals surface area contributed by atoms with Crippen molar-refractivity contribution in [3.05, 3.63) is 126 Å². The molecule has 6 nitrogen and oxygen atoms in total. The van der Waals surface area contributed by atoms with E-state index in [4.69, 9.17) is 4.74 Å². The number of hydrogen-bond donors (Lipinski definition) is 1. The third-order valence-corrected chi connectivity index (χ3v) is 7.35. The summed E-state index contributed by atoms with van der Waals surface area (Å²) in [6, 6.07) is 32.0. The van der Waals surface area contributed by atoms with E-state index in [0.717, 1.165) is 16.9 Å². The summed E-state index contributed by atoms with van der Waals surface area (Å²) < 4.78 is 33.9. The highest BCUT2D eigenvalue weighted by molar-refractivity contribution is 7.92. The lowest BCUT2D eigenvalue weighted by Gasteiger charge is -2.25. The first-order valence-electron chi connectivity index (χ1n) is 11.6. The molecule has 36 heavy (non-hydrogen) atoms. The summed E-state index contributed by atoms with van der Waals surface area (Å²) in [4.78, 5) is 12.8. The van der Waals surface area contributed by atoms with Crippen molar-refractivity contribution in [3.8, 4) is 5.75 Å². The van der Waals surface area contributed by atoms with Gasteiger partial charge in [-0.1, -0.05) is 60.7 Å². The van der Waals surface area contributed by atoms with Gasteiger partial charge in [-0.05, 0) is 66.6 Å². The molecule has 0 fully saturated rings. The smallest absolute Gasteiger partial charge is 0.264 e. The molecule has 4 aromatic carbocycles. The van der Waals surface area contributed by atoms with Gasteiger partial charge >= 0.3 is 0 Å². The number of amides is 1.